The molecule has 5 heteroatoms. The lowest BCUT2D eigenvalue weighted by Crippen LogP contribution is -2.26. The molecule has 0 bridgehead atoms. The Balaban J connectivity index is 3.99. The molecule has 0 aromatic rings. The van der Waals surface area contributed by atoms with Gasteiger partial charge < -0.3 is 4.84 Å². The first-order valence-electron chi connectivity index (χ1n) is 2.49. The molecule has 0 aromatic carbocycles. The second kappa shape index (κ2) is 4.32. The highest BCUT2D eigenvalue weighted by Gasteiger charge is 1.97. The van der Waals surface area contributed by atoms with E-state index in [0.717, 1.165) is 0 Å². The summed E-state index contributed by atoms with van der Waals surface area (Å²) >= 11 is 0. The molecule has 0 saturated carbocycles. The van der Waals surface area contributed by atoms with E-state index in [2.05, 4.69) is 15.3 Å². The average Bonchev–Trinajstić information content (AvgIpc) is 1.86. The van der Waals surface area contributed by atoms with Crippen LogP contribution in [0, 0.1) is 11.3 Å². The number of carbonyl (C=O) groups excluding carboxylic acids is 1. The molecule has 0 heterocycles. The van der Waals surface area contributed by atoms with E-state index < -0.39 is 0 Å². The van der Waals surface area contributed by atoms with Crippen molar-refractivity contribution in [2.24, 2.45) is 5.16 Å². The van der Waals surface area contributed by atoms with Crippen LogP contribution in [0.5, 0.6) is 0 Å². The Hall–Kier alpha value is -1.57. The summed E-state index contributed by atoms with van der Waals surface area (Å²) in [5.41, 5.74) is 0. The maximum absolute atomic E-state index is 10.3. The molecule has 0 aromatic heterocycles. The maximum Gasteiger partial charge on any atom is 0.250 e. The molecule has 5 nitrogen and oxygen atoms in total. The first-order chi connectivity index (χ1) is 4.70. The summed E-state index contributed by atoms with van der Waals surface area (Å²) in [6, 6.07) is 1.63. The van der Waals surface area contributed by atoms with Gasteiger partial charge >= 0.3 is 0 Å². The average molecular weight is 141 g/mol. The molecule has 0 saturated heterocycles. The molecule has 0 unspecified atom stereocenters. The molecule has 54 valence electrons. The molecule has 0 fully saturated rings. The van der Waals surface area contributed by atoms with Crippen LogP contribution >= 0.6 is 0 Å². The van der Waals surface area contributed by atoms with Gasteiger partial charge in [0.1, 0.15) is 13.2 Å². The standard InChI is InChI=1S/C5H7N3O2/c1-4(9)7-5(3-6)8-10-2/h1-2H3,(H,7,8,9). The van der Waals surface area contributed by atoms with Gasteiger partial charge in [-0.25, -0.2) is 0 Å². The molecule has 1 N–H and O–H groups in total. The van der Waals surface area contributed by atoms with Gasteiger partial charge in [0.05, 0.1) is 0 Å². The molecular formula is C5H7N3O2. The Bertz CT molecular complexity index is 192. The van der Waals surface area contributed by atoms with Crippen molar-refractivity contribution in [3.8, 4) is 6.07 Å². The Labute approximate surface area is 58.3 Å². The number of carbonyl (C=O) groups is 1. The van der Waals surface area contributed by atoms with Gasteiger partial charge in [0.25, 0.3) is 0 Å². The molecule has 10 heavy (non-hydrogen) atoms. The second-order valence-corrected chi connectivity index (χ2v) is 1.42. The number of rotatable bonds is 1. The van der Waals surface area contributed by atoms with Crippen LogP contribution in [0.25, 0.3) is 0 Å². The smallest absolute Gasteiger partial charge is 0.250 e. The molecule has 0 atom stereocenters. The first kappa shape index (κ1) is 8.43. The van der Waals surface area contributed by atoms with Crippen molar-refractivity contribution in [2.75, 3.05) is 7.11 Å². The number of amidine groups is 1. The first-order valence-corrected chi connectivity index (χ1v) is 2.49. The highest BCUT2D eigenvalue weighted by molar-refractivity contribution is 6.05. The Morgan fingerprint density at radius 1 is 1.80 bits per heavy atom. The van der Waals surface area contributed by atoms with Gasteiger partial charge in [-0.2, -0.15) is 5.26 Å². The number of amides is 1. The molecular weight excluding hydrogens is 134 g/mol. The summed E-state index contributed by atoms with van der Waals surface area (Å²) in [6.07, 6.45) is 0. The van der Waals surface area contributed by atoms with E-state index in [9.17, 15) is 4.79 Å². The summed E-state index contributed by atoms with van der Waals surface area (Å²) in [5.74, 6) is -0.493. The van der Waals surface area contributed by atoms with Crippen molar-refractivity contribution in [2.45, 2.75) is 6.92 Å². The summed E-state index contributed by atoms with van der Waals surface area (Å²) in [4.78, 5) is 14.5. The fourth-order valence-corrected chi connectivity index (χ4v) is 0.329. The number of nitrogens with zero attached hydrogens (tertiary/aromatic N) is 2. The van der Waals surface area contributed by atoms with Gasteiger partial charge in [-0.1, -0.05) is 5.16 Å². The lowest BCUT2D eigenvalue weighted by molar-refractivity contribution is -0.117. The molecule has 0 spiro atoms. The highest BCUT2D eigenvalue weighted by Crippen LogP contribution is 1.72. The number of hydrogen-bond donors (Lipinski definition) is 1. The molecule has 0 aliphatic rings. The van der Waals surface area contributed by atoms with Gasteiger partial charge in [0, 0.05) is 6.92 Å². The monoisotopic (exact) mass is 141 g/mol. The van der Waals surface area contributed by atoms with Crippen molar-refractivity contribution >= 4 is 11.7 Å². The predicted molar refractivity (Wildman–Crippen MR) is 33.9 cm³/mol. The van der Waals surface area contributed by atoms with Gasteiger partial charge in [0.15, 0.2) is 0 Å². The molecule has 0 aliphatic heterocycles. The molecule has 0 aliphatic carbocycles. The Kier molecular flexibility index (Phi) is 3.64. The summed E-state index contributed by atoms with van der Waals surface area (Å²) in [5, 5.41) is 13.6. The quantitative estimate of drug-likeness (QED) is 0.307. The van der Waals surface area contributed by atoms with Crippen LogP contribution in [-0.2, 0) is 9.63 Å². The third-order valence-electron chi connectivity index (χ3n) is 0.583. The summed E-state index contributed by atoms with van der Waals surface area (Å²) in [7, 11) is 1.29. The Morgan fingerprint density at radius 3 is 2.70 bits per heavy atom. The minimum absolute atomic E-state index is 0.144. The zero-order valence-electron chi connectivity index (χ0n) is 5.71. The lowest BCUT2D eigenvalue weighted by Gasteiger charge is -1.94. The van der Waals surface area contributed by atoms with E-state index in [1.54, 1.807) is 6.07 Å². The minimum atomic E-state index is -0.350. The van der Waals surface area contributed by atoms with E-state index in [1.165, 1.54) is 14.0 Å². The van der Waals surface area contributed by atoms with E-state index in [-0.39, 0.29) is 11.7 Å². The topological polar surface area (TPSA) is 74.5 Å². The highest BCUT2D eigenvalue weighted by atomic mass is 16.6. The van der Waals surface area contributed by atoms with Crippen LogP contribution in [0.2, 0.25) is 0 Å². The number of nitrogens with one attached hydrogen (secondary N) is 1. The van der Waals surface area contributed by atoms with Crippen molar-refractivity contribution in [1.29, 1.82) is 5.26 Å². The van der Waals surface area contributed by atoms with Crippen LogP contribution in [0.1, 0.15) is 6.92 Å². The zero-order chi connectivity index (χ0) is 7.98. The van der Waals surface area contributed by atoms with Gasteiger partial charge in [-0.15, -0.1) is 0 Å². The lowest BCUT2D eigenvalue weighted by atomic mass is 10.6. The van der Waals surface area contributed by atoms with Gasteiger partial charge in [-0.05, 0) is 0 Å². The van der Waals surface area contributed by atoms with Gasteiger partial charge in [0.2, 0.25) is 11.7 Å². The number of oxime groups is 1. The van der Waals surface area contributed by atoms with Crippen LogP contribution in [0.4, 0.5) is 0 Å². The third-order valence-corrected chi connectivity index (χ3v) is 0.583. The normalized spacial score (nSPS) is 9.90. The Morgan fingerprint density at radius 2 is 2.40 bits per heavy atom. The summed E-state index contributed by atoms with van der Waals surface area (Å²) in [6.45, 7) is 1.28. The molecule has 1 amide bonds. The van der Waals surface area contributed by atoms with Crippen molar-refractivity contribution in [3.05, 3.63) is 0 Å². The SMILES string of the molecule is CO/N=C(\C#N)NC(C)=O. The van der Waals surface area contributed by atoms with E-state index in [0.29, 0.717) is 0 Å². The maximum atomic E-state index is 10.3. The van der Waals surface area contributed by atoms with Crippen molar-refractivity contribution < 1.29 is 9.63 Å². The third kappa shape index (κ3) is 3.43. The van der Waals surface area contributed by atoms with Crippen molar-refractivity contribution in [3.63, 3.8) is 0 Å². The number of hydrogen-bond acceptors (Lipinski definition) is 4. The fraction of sp³-hybridized carbons (Fsp3) is 0.400. The van der Waals surface area contributed by atoms with E-state index >= 15 is 0 Å². The molecule has 0 radical (unpaired) electrons. The summed E-state index contributed by atoms with van der Waals surface area (Å²) < 4.78 is 0. The molecule has 0 rings (SSSR count). The van der Waals surface area contributed by atoms with E-state index in [1.807, 2.05) is 0 Å². The number of nitriles is 1. The predicted octanol–water partition coefficient (Wildman–Crippen LogP) is -0.394. The van der Waals surface area contributed by atoms with E-state index in [4.69, 9.17) is 5.26 Å². The van der Waals surface area contributed by atoms with Crippen LogP contribution in [0.15, 0.2) is 5.16 Å². The zero-order valence-corrected chi connectivity index (χ0v) is 5.71. The fourth-order valence-electron chi connectivity index (χ4n) is 0.329. The second-order valence-electron chi connectivity index (χ2n) is 1.42. The van der Waals surface area contributed by atoms with Crippen LogP contribution < -0.4 is 5.32 Å². The minimum Gasteiger partial charge on any atom is -0.397 e. The van der Waals surface area contributed by atoms with Crippen molar-refractivity contribution in [1.82, 2.24) is 5.32 Å². The largest absolute Gasteiger partial charge is 0.397 e. The van der Waals surface area contributed by atoms with Crippen LogP contribution in [0.3, 0.4) is 0 Å². The van der Waals surface area contributed by atoms with Crippen LogP contribution in [-0.4, -0.2) is 18.9 Å². The van der Waals surface area contributed by atoms with Gasteiger partial charge in [-0.3, -0.25) is 10.1 Å².